The number of nitrogens with two attached hydrogens (primary N) is 1. The van der Waals surface area contributed by atoms with Gasteiger partial charge in [0, 0.05) is 30.0 Å². The second-order valence-electron chi connectivity index (χ2n) is 5.12. The molecular weight excluding hydrogens is 263 g/mol. The molecule has 2 N–H and O–H groups in total. The second kappa shape index (κ2) is 5.76. The molecule has 1 aromatic heterocycles. The van der Waals surface area contributed by atoms with Gasteiger partial charge in [0.15, 0.2) is 0 Å². The molecule has 1 atom stereocenters. The molecule has 102 valence electrons. The number of nitrogens with zero attached hydrogens (tertiary/aromatic N) is 1. The predicted octanol–water partition coefficient (Wildman–Crippen LogP) is 3.98. The van der Waals surface area contributed by atoms with E-state index in [2.05, 4.69) is 13.8 Å². The van der Waals surface area contributed by atoms with Crippen LogP contribution in [0.15, 0.2) is 36.7 Å². The van der Waals surface area contributed by atoms with Gasteiger partial charge in [0.05, 0.1) is 0 Å². The summed E-state index contributed by atoms with van der Waals surface area (Å²) in [6.07, 6.45) is 3.99. The van der Waals surface area contributed by atoms with Crippen LogP contribution in [0.25, 0.3) is 0 Å². The molecule has 0 fully saturated rings. The number of benzene rings is 1. The van der Waals surface area contributed by atoms with Crippen molar-refractivity contribution >= 4 is 11.6 Å². The number of halogens is 2. The Kier molecular flexibility index (Phi) is 4.27. The third kappa shape index (κ3) is 3.37. The summed E-state index contributed by atoms with van der Waals surface area (Å²) in [7, 11) is 0. The van der Waals surface area contributed by atoms with Crippen molar-refractivity contribution in [2.45, 2.75) is 26.4 Å². The first-order valence-corrected chi connectivity index (χ1v) is 6.70. The van der Waals surface area contributed by atoms with E-state index < -0.39 is 0 Å². The molecule has 19 heavy (non-hydrogen) atoms. The van der Waals surface area contributed by atoms with Crippen molar-refractivity contribution < 1.29 is 4.39 Å². The summed E-state index contributed by atoms with van der Waals surface area (Å²) in [5.41, 5.74) is 8.10. The van der Waals surface area contributed by atoms with Gasteiger partial charge in [-0.1, -0.05) is 31.5 Å². The van der Waals surface area contributed by atoms with E-state index in [1.54, 1.807) is 6.07 Å². The molecule has 0 radical (unpaired) electrons. The largest absolute Gasteiger partial charge is 0.350 e. The molecule has 4 heteroatoms. The Morgan fingerprint density at radius 3 is 2.68 bits per heavy atom. The van der Waals surface area contributed by atoms with Gasteiger partial charge < -0.3 is 10.3 Å². The van der Waals surface area contributed by atoms with Crippen molar-refractivity contribution in [1.82, 2.24) is 4.57 Å². The number of hydrogen-bond donors (Lipinski definition) is 1. The van der Waals surface area contributed by atoms with E-state index in [0.29, 0.717) is 17.5 Å². The van der Waals surface area contributed by atoms with Crippen LogP contribution in [0.2, 0.25) is 5.02 Å². The zero-order valence-corrected chi connectivity index (χ0v) is 11.9. The van der Waals surface area contributed by atoms with Crippen LogP contribution in [0, 0.1) is 11.7 Å². The van der Waals surface area contributed by atoms with Gasteiger partial charge in [0.1, 0.15) is 5.82 Å². The number of rotatable bonds is 4. The summed E-state index contributed by atoms with van der Waals surface area (Å²) >= 11 is 6.02. The minimum atomic E-state index is -0.316. The van der Waals surface area contributed by atoms with Crippen molar-refractivity contribution in [3.63, 3.8) is 0 Å². The van der Waals surface area contributed by atoms with Crippen molar-refractivity contribution in [3.05, 3.63) is 58.6 Å². The first-order chi connectivity index (χ1) is 8.97. The molecule has 2 nitrogen and oxygen atoms in total. The van der Waals surface area contributed by atoms with Crippen LogP contribution < -0.4 is 5.73 Å². The van der Waals surface area contributed by atoms with Crippen molar-refractivity contribution in [3.8, 4) is 0 Å². The summed E-state index contributed by atoms with van der Waals surface area (Å²) in [5, 5.41) is 0.448. The SMILES string of the molecule is CC(C)C(N)c1ccn(Cc2ccc(F)cc2Cl)c1. The third-order valence-electron chi connectivity index (χ3n) is 3.24. The lowest BCUT2D eigenvalue weighted by Crippen LogP contribution is -2.15. The van der Waals surface area contributed by atoms with Crippen LogP contribution in [0.1, 0.15) is 31.0 Å². The lowest BCUT2D eigenvalue weighted by Gasteiger charge is -2.13. The van der Waals surface area contributed by atoms with E-state index in [-0.39, 0.29) is 11.9 Å². The van der Waals surface area contributed by atoms with Crippen molar-refractivity contribution in [2.24, 2.45) is 11.7 Å². The molecule has 0 spiro atoms. The summed E-state index contributed by atoms with van der Waals surface area (Å²) < 4.78 is 15.0. The van der Waals surface area contributed by atoms with Crippen LogP contribution in [-0.2, 0) is 6.54 Å². The Bertz CT molecular complexity index is 563. The Morgan fingerprint density at radius 2 is 2.05 bits per heavy atom. The Balaban J connectivity index is 2.16. The Labute approximate surface area is 118 Å². The van der Waals surface area contributed by atoms with Crippen LogP contribution in [0.4, 0.5) is 4.39 Å². The molecule has 0 aliphatic rings. The maximum Gasteiger partial charge on any atom is 0.124 e. The molecule has 0 saturated carbocycles. The first-order valence-electron chi connectivity index (χ1n) is 6.32. The summed E-state index contributed by atoms with van der Waals surface area (Å²) in [4.78, 5) is 0. The van der Waals surface area contributed by atoms with Gasteiger partial charge in [-0.15, -0.1) is 0 Å². The van der Waals surface area contributed by atoms with Gasteiger partial charge in [-0.2, -0.15) is 0 Å². The first kappa shape index (κ1) is 14.1. The zero-order chi connectivity index (χ0) is 14.0. The molecular formula is C15H18ClFN2. The van der Waals surface area contributed by atoms with Crippen molar-refractivity contribution in [2.75, 3.05) is 0 Å². The Morgan fingerprint density at radius 1 is 1.32 bits per heavy atom. The van der Waals surface area contributed by atoms with E-state index in [1.165, 1.54) is 12.1 Å². The molecule has 0 amide bonds. The maximum absolute atomic E-state index is 13.0. The van der Waals surface area contributed by atoms with E-state index in [4.69, 9.17) is 17.3 Å². The molecule has 1 heterocycles. The van der Waals surface area contributed by atoms with E-state index in [1.807, 2.05) is 23.0 Å². The fraction of sp³-hybridized carbons (Fsp3) is 0.333. The minimum Gasteiger partial charge on any atom is -0.350 e. The lowest BCUT2D eigenvalue weighted by atomic mass is 10.00. The van der Waals surface area contributed by atoms with Crippen LogP contribution >= 0.6 is 11.6 Å². The average Bonchev–Trinajstić information content (AvgIpc) is 2.80. The third-order valence-corrected chi connectivity index (χ3v) is 3.60. The van der Waals surface area contributed by atoms with Gasteiger partial charge in [-0.25, -0.2) is 4.39 Å². The highest BCUT2D eigenvalue weighted by Crippen LogP contribution is 2.22. The highest BCUT2D eigenvalue weighted by atomic mass is 35.5. The highest BCUT2D eigenvalue weighted by Gasteiger charge is 2.12. The monoisotopic (exact) mass is 280 g/mol. The molecule has 0 aliphatic carbocycles. The topological polar surface area (TPSA) is 30.9 Å². The fourth-order valence-corrected chi connectivity index (χ4v) is 2.21. The molecule has 0 aliphatic heterocycles. The van der Waals surface area contributed by atoms with Gasteiger partial charge in [-0.3, -0.25) is 0 Å². The van der Waals surface area contributed by atoms with Gasteiger partial charge in [0.25, 0.3) is 0 Å². The Hall–Kier alpha value is -1.32. The molecule has 0 bridgehead atoms. The molecule has 0 saturated heterocycles. The van der Waals surface area contributed by atoms with Gasteiger partial charge >= 0.3 is 0 Å². The van der Waals surface area contributed by atoms with Gasteiger partial charge in [-0.05, 0) is 35.2 Å². The standard InChI is InChI=1S/C15H18ClFN2/c1-10(2)15(18)12-5-6-19(9-12)8-11-3-4-13(17)7-14(11)16/h3-7,9-10,15H,8,18H2,1-2H3. The normalized spacial score (nSPS) is 12.9. The molecule has 2 aromatic rings. The molecule has 1 unspecified atom stereocenters. The minimum absolute atomic E-state index is 0.0324. The lowest BCUT2D eigenvalue weighted by molar-refractivity contribution is 0.513. The number of aromatic nitrogens is 1. The van der Waals surface area contributed by atoms with Crippen LogP contribution in [0.5, 0.6) is 0 Å². The highest BCUT2D eigenvalue weighted by molar-refractivity contribution is 6.31. The van der Waals surface area contributed by atoms with Crippen molar-refractivity contribution in [1.29, 1.82) is 0 Å². The second-order valence-corrected chi connectivity index (χ2v) is 5.53. The smallest absolute Gasteiger partial charge is 0.124 e. The van der Waals surface area contributed by atoms with E-state index >= 15 is 0 Å². The zero-order valence-electron chi connectivity index (χ0n) is 11.1. The maximum atomic E-state index is 13.0. The summed E-state index contributed by atoms with van der Waals surface area (Å²) in [6.45, 7) is 4.81. The van der Waals surface area contributed by atoms with Crippen LogP contribution in [-0.4, -0.2) is 4.57 Å². The molecule has 1 aromatic carbocycles. The van der Waals surface area contributed by atoms with E-state index in [9.17, 15) is 4.39 Å². The predicted molar refractivity (Wildman–Crippen MR) is 76.7 cm³/mol. The molecule has 2 rings (SSSR count). The average molecular weight is 281 g/mol. The fourth-order valence-electron chi connectivity index (χ4n) is 1.99. The number of hydrogen-bond acceptors (Lipinski definition) is 1. The quantitative estimate of drug-likeness (QED) is 0.902. The van der Waals surface area contributed by atoms with E-state index in [0.717, 1.165) is 11.1 Å². The summed E-state index contributed by atoms with van der Waals surface area (Å²) in [5.74, 6) is 0.0778. The summed E-state index contributed by atoms with van der Waals surface area (Å²) in [6, 6.07) is 6.51. The van der Waals surface area contributed by atoms with Crippen LogP contribution in [0.3, 0.4) is 0 Å². The van der Waals surface area contributed by atoms with Gasteiger partial charge in [0.2, 0.25) is 0 Å².